The Morgan fingerprint density at radius 3 is 2.27 bits per heavy atom. The third-order valence-electron chi connectivity index (χ3n) is 6.85. The summed E-state index contributed by atoms with van der Waals surface area (Å²) in [5.41, 5.74) is 8.08. The van der Waals surface area contributed by atoms with Gasteiger partial charge in [0.25, 0.3) is 0 Å². The second-order valence-electron chi connectivity index (χ2n) is 9.75. The van der Waals surface area contributed by atoms with E-state index in [1.807, 2.05) is 24.5 Å². The van der Waals surface area contributed by atoms with Gasteiger partial charge in [0.1, 0.15) is 0 Å². The Balaban J connectivity index is 1.73. The lowest BCUT2D eigenvalue weighted by Gasteiger charge is -2.23. The van der Waals surface area contributed by atoms with Crippen molar-refractivity contribution in [2.75, 3.05) is 27.7 Å². The van der Waals surface area contributed by atoms with Crippen molar-refractivity contribution in [2.45, 2.75) is 18.8 Å². The largest absolute Gasteiger partial charge is 0.481 e. The number of aromatic nitrogens is 2. The lowest BCUT2D eigenvalue weighted by molar-refractivity contribution is 0.390. The Labute approximate surface area is 219 Å². The molecule has 0 aliphatic carbocycles. The molecule has 0 amide bonds. The van der Waals surface area contributed by atoms with Crippen molar-refractivity contribution in [1.29, 1.82) is 0 Å². The van der Waals surface area contributed by atoms with Crippen LogP contribution in [0.1, 0.15) is 34.6 Å². The van der Waals surface area contributed by atoms with Crippen LogP contribution < -0.4 is 4.74 Å². The van der Waals surface area contributed by atoms with Gasteiger partial charge in [-0.05, 0) is 73.6 Å². The van der Waals surface area contributed by atoms with Crippen molar-refractivity contribution in [1.82, 2.24) is 14.9 Å². The SMILES string of the molecule is COc1nc2c(C(CCN(C)C)c3ccccc3)cc(-c3cccnc3)cc2cc1Cc1ccccc1. The summed E-state index contributed by atoms with van der Waals surface area (Å²) in [5, 5.41) is 1.12. The van der Waals surface area contributed by atoms with Gasteiger partial charge in [0.05, 0.1) is 12.6 Å². The summed E-state index contributed by atoms with van der Waals surface area (Å²) in [4.78, 5) is 11.8. The molecule has 0 aliphatic rings. The van der Waals surface area contributed by atoms with Gasteiger partial charge < -0.3 is 9.64 Å². The highest BCUT2D eigenvalue weighted by atomic mass is 16.5. The third kappa shape index (κ3) is 5.71. The van der Waals surface area contributed by atoms with Crippen molar-refractivity contribution in [3.8, 4) is 17.0 Å². The molecule has 1 atom stereocenters. The van der Waals surface area contributed by atoms with Crippen LogP contribution in [-0.4, -0.2) is 42.6 Å². The van der Waals surface area contributed by atoms with Gasteiger partial charge in [0, 0.05) is 41.2 Å². The topological polar surface area (TPSA) is 38.2 Å². The highest BCUT2D eigenvalue weighted by Gasteiger charge is 2.21. The Morgan fingerprint density at radius 1 is 0.838 bits per heavy atom. The van der Waals surface area contributed by atoms with Gasteiger partial charge >= 0.3 is 0 Å². The standard InChI is InChI=1S/C33H33N3O/c1-36(2)18-16-30(25-13-8-5-9-14-25)31-22-27(26-15-10-17-34-23-26)20-28-21-29(33(37-3)35-32(28)31)19-24-11-6-4-7-12-24/h4-15,17,20-23,30H,16,18-19H2,1-3H3. The monoisotopic (exact) mass is 487 g/mol. The van der Waals surface area contributed by atoms with E-state index < -0.39 is 0 Å². The molecule has 1 unspecified atom stereocenters. The van der Waals surface area contributed by atoms with Crippen LogP contribution in [0.15, 0.2) is 103 Å². The van der Waals surface area contributed by atoms with E-state index in [9.17, 15) is 0 Å². The van der Waals surface area contributed by atoms with Crippen LogP contribution in [0.5, 0.6) is 5.88 Å². The minimum Gasteiger partial charge on any atom is -0.481 e. The molecular weight excluding hydrogens is 454 g/mol. The van der Waals surface area contributed by atoms with E-state index >= 15 is 0 Å². The van der Waals surface area contributed by atoms with E-state index in [1.165, 1.54) is 16.7 Å². The number of rotatable bonds is 9. The zero-order valence-electron chi connectivity index (χ0n) is 21.8. The minimum absolute atomic E-state index is 0.194. The summed E-state index contributed by atoms with van der Waals surface area (Å²) >= 11 is 0. The first-order valence-corrected chi connectivity index (χ1v) is 12.8. The van der Waals surface area contributed by atoms with Crippen molar-refractivity contribution in [3.05, 3.63) is 126 Å². The van der Waals surface area contributed by atoms with E-state index in [0.29, 0.717) is 5.88 Å². The maximum absolute atomic E-state index is 5.85. The van der Waals surface area contributed by atoms with Gasteiger partial charge in [-0.25, -0.2) is 4.98 Å². The average Bonchev–Trinajstić information content (AvgIpc) is 2.94. The molecule has 5 aromatic rings. The molecule has 2 aromatic heterocycles. The molecule has 3 aromatic carbocycles. The maximum atomic E-state index is 5.85. The molecule has 0 radical (unpaired) electrons. The van der Waals surface area contributed by atoms with Crippen LogP contribution in [0.4, 0.5) is 0 Å². The smallest absolute Gasteiger partial charge is 0.217 e. The lowest BCUT2D eigenvalue weighted by atomic mass is 9.85. The molecule has 0 N–H and O–H groups in total. The molecule has 186 valence electrons. The number of fused-ring (bicyclic) bond motifs is 1. The summed E-state index contributed by atoms with van der Waals surface area (Å²) in [6, 6.07) is 32.2. The molecule has 2 heterocycles. The predicted octanol–water partition coefficient (Wildman–Crippen LogP) is 6.98. The van der Waals surface area contributed by atoms with Crippen LogP contribution >= 0.6 is 0 Å². The highest BCUT2D eigenvalue weighted by Crippen LogP contribution is 2.38. The number of nitrogens with zero attached hydrogens (tertiary/aromatic N) is 3. The molecule has 5 rings (SSSR count). The van der Waals surface area contributed by atoms with Crippen LogP contribution in [0.2, 0.25) is 0 Å². The molecule has 0 spiro atoms. The number of pyridine rings is 2. The van der Waals surface area contributed by atoms with Crippen molar-refractivity contribution < 1.29 is 4.74 Å². The molecule has 0 saturated carbocycles. The molecule has 0 fully saturated rings. The Morgan fingerprint density at radius 2 is 1.59 bits per heavy atom. The quantitative estimate of drug-likeness (QED) is 0.225. The van der Waals surface area contributed by atoms with Crippen molar-refractivity contribution in [3.63, 3.8) is 0 Å². The molecule has 0 saturated heterocycles. The first kappa shape index (κ1) is 24.7. The highest BCUT2D eigenvalue weighted by molar-refractivity contribution is 5.89. The first-order chi connectivity index (χ1) is 18.1. The summed E-state index contributed by atoms with van der Waals surface area (Å²) in [6.07, 6.45) is 5.50. The number of benzene rings is 3. The number of hydrogen-bond donors (Lipinski definition) is 0. The van der Waals surface area contributed by atoms with Gasteiger partial charge in [-0.3, -0.25) is 4.98 Å². The molecule has 4 heteroatoms. The van der Waals surface area contributed by atoms with Gasteiger partial charge in [0.15, 0.2) is 0 Å². The molecule has 4 nitrogen and oxygen atoms in total. The summed E-state index contributed by atoms with van der Waals surface area (Å²) in [5.74, 6) is 0.881. The minimum atomic E-state index is 0.194. The Kier molecular flexibility index (Phi) is 7.57. The fourth-order valence-electron chi connectivity index (χ4n) is 5.00. The normalized spacial score (nSPS) is 12.1. The summed E-state index contributed by atoms with van der Waals surface area (Å²) in [6.45, 7) is 0.974. The van der Waals surface area contributed by atoms with E-state index in [2.05, 4.69) is 103 Å². The van der Waals surface area contributed by atoms with Crippen molar-refractivity contribution in [2.24, 2.45) is 0 Å². The van der Waals surface area contributed by atoms with Crippen LogP contribution in [0.25, 0.3) is 22.0 Å². The molecule has 0 bridgehead atoms. The van der Waals surface area contributed by atoms with Gasteiger partial charge in [0.2, 0.25) is 5.88 Å². The summed E-state index contributed by atoms with van der Waals surface area (Å²) < 4.78 is 5.85. The Hall–Kier alpha value is -4.02. The van der Waals surface area contributed by atoms with E-state index in [1.54, 1.807) is 7.11 Å². The zero-order chi connectivity index (χ0) is 25.6. The predicted molar refractivity (Wildman–Crippen MR) is 152 cm³/mol. The maximum Gasteiger partial charge on any atom is 0.217 e. The third-order valence-corrected chi connectivity index (χ3v) is 6.85. The Bertz CT molecular complexity index is 1450. The fraction of sp³-hybridized carbons (Fsp3) is 0.212. The van der Waals surface area contributed by atoms with Crippen molar-refractivity contribution >= 4 is 10.9 Å². The molecule has 0 aliphatic heterocycles. The fourth-order valence-corrected chi connectivity index (χ4v) is 5.00. The summed E-state index contributed by atoms with van der Waals surface area (Å²) in [7, 11) is 5.97. The van der Waals surface area contributed by atoms with E-state index in [0.717, 1.165) is 47.0 Å². The molecule has 37 heavy (non-hydrogen) atoms. The number of methoxy groups -OCH3 is 1. The van der Waals surface area contributed by atoms with Crippen LogP contribution in [0.3, 0.4) is 0 Å². The lowest BCUT2D eigenvalue weighted by Crippen LogP contribution is -2.17. The first-order valence-electron chi connectivity index (χ1n) is 12.8. The zero-order valence-corrected chi connectivity index (χ0v) is 21.8. The van der Waals surface area contributed by atoms with Crippen LogP contribution in [0, 0.1) is 0 Å². The van der Waals surface area contributed by atoms with Gasteiger partial charge in [-0.2, -0.15) is 0 Å². The van der Waals surface area contributed by atoms with Gasteiger partial charge in [-0.15, -0.1) is 0 Å². The second kappa shape index (κ2) is 11.4. The van der Waals surface area contributed by atoms with E-state index in [4.69, 9.17) is 9.72 Å². The van der Waals surface area contributed by atoms with E-state index in [-0.39, 0.29) is 5.92 Å². The average molecular weight is 488 g/mol. The number of ether oxygens (including phenoxy) is 1. The second-order valence-corrected chi connectivity index (χ2v) is 9.75. The van der Waals surface area contributed by atoms with Crippen LogP contribution in [-0.2, 0) is 6.42 Å². The number of hydrogen-bond acceptors (Lipinski definition) is 4. The molecular formula is C33H33N3O. The van der Waals surface area contributed by atoms with Gasteiger partial charge in [-0.1, -0.05) is 66.7 Å².